The summed E-state index contributed by atoms with van der Waals surface area (Å²) in [6.45, 7) is 5.86. The molecule has 1 aromatic rings. The topological polar surface area (TPSA) is 61.9 Å². The van der Waals surface area contributed by atoms with Crippen molar-refractivity contribution in [1.82, 2.24) is 9.80 Å². The Morgan fingerprint density at radius 3 is 2.74 bits per heavy atom. The molecule has 2 heterocycles. The Kier molecular flexibility index (Phi) is 6.72. The van der Waals surface area contributed by atoms with Crippen LogP contribution in [-0.2, 0) is 16.0 Å². The Labute approximate surface area is 161 Å². The molecule has 1 aromatic carbocycles. The number of urea groups is 1. The highest BCUT2D eigenvalue weighted by molar-refractivity contribution is 5.89. The van der Waals surface area contributed by atoms with Crippen LogP contribution in [0.15, 0.2) is 24.3 Å². The number of piperidine rings is 1. The molecular weight excluding hydrogens is 342 g/mol. The highest BCUT2D eigenvalue weighted by Crippen LogP contribution is 2.24. The average molecular weight is 373 g/mol. The van der Waals surface area contributed by atoms with Gasteiger partial charge in [0.05, 0.1) is 6.61 Å². The third kappa shape index (κ3) is 5.22. The molecule has 1 N–H and O–H groups in total. The predicted molar refractivity (Wildman–Crippen MR) is 106 cm³/mol. The van der Waals surface area contributed by atoms with Crippen molar-refractivity contribution >= 4 is 17.6 Å². The molecule has 148 valence electrons. The van der Waals surface area contributed by atoms with Gasteiger partial charge in [0.15, 0.2) is 0 Å². The molecule has 2 saturated heterocycles. The zero-order chi connectivity index (χ0) is 19.2. The Morgan fingerprint density at radius 1 is 1.26 bits per heavy atom. The second-order valence-corrected chi connectivity index (χ2v) is 7.74. The molecule has 0 aliphatic carbocycles. The van der Waals surface area contributed by atoms with Crippen LogP contribution in [0, 0.1) is 11.8 Å². The number of amides is 3. The monoisotopic (exact) mass is 373 g/mol. The molecule has 0 spiro atoms. The van der Waals surface area contributed by atoms with Crippen molar-refractivity contribution in [2.24, 2.45) is 11.8 Å². The Morgan fingerprint density at radius 2 is 2.04 bits per heavy atom. The van der Waals surface area contributed by atoms with E-state index in [2.05, 4.69) is 18.3 Å². The number of carbonyl (C=O) groups excluding carboxylic acids is 2. The number of anilines is 1. The van der Waals surface area contributed by atoms with Gasteiger partial charge in [0, 0.05) is 51.3 Å². The first kappa shape index (κ1) is 19.7. The first-order valence-corrected chi connectivity index (χ1v) is 10.0. The molecule has 2 aliphatic heterocycles. The van der Waals surface area contributed by atoms with Crippen molar-refractivity contribution in [3.8, 4) is 0 Å². The van der Waals surface area contributed by atoms with Crippen molar-refractivity contribution in [1.29, 1.82) is 0 Å². The molecule has 3 amide bonds. The predicted octanol–water partition coefficient (Wildman–Crippen LogP) is 2.99. The van der Waals surface area contributed by atoms with E-state index in [1.54, 1.807) is 7.11 Å². The van der Waals surface area contributed by atoms with E-state index in [9.17, 15) is 9.59 Å². The number of hydrogen-bond acceptors (Lipinski definition) is 3. The van der Waals surface area contributed by atoms with E-state index in [1.807, 2.05) is 28.0 Å². The van der Waals surface area contributed by atoms with Gasteiger partial charge >= 0.3 is 6.03 Å². The van der Waals surface area contributed by atoms with Gasteiger partial charge in [-0.2, -0.15) is 0 Å². The number of nitrogens with zero attached hydrogens (tertiary/aromatic N) is 2. The maximum atomic E-state index is 12.5. The standard InChI is InChI=1S/C21H31N3O3/c1-3-16-5-4-6-19(11-16)22-21(26)23-9-7-17(8-10-23)13-24-14-18(15-27-2)12-20(24)25/h4-6,11,17-18H,3,7-10,12-15H2,1-2H3,(H,22,26). The van der Waals surface area contributed by atoms with Crippen LogP contribution in [0.3, 0.4) is 0 Å². The van der Waals surface area contributed by atoms with E-state index < -0.39 is 0 Å². The Balaban J connectivity index is 1.44. The molecule has 1 unspecified atom stereocenters. The number of likely N-dealkylation sites (tertiary alicyclic amines) is 2. The number of methoxy groups -OCH3 is 1. The second kappa shape index (κ2) is 9.22. The van der Waals surface area contributed by atoms with Gasteiger partial charge < -0.3 is 19.9 Å². The minimum atomic E-state index is -0.0286. The van der Waals surface area contributed by atoms with Gasteiger partial charge in [-0.3, -0.25) is 4.79 Å². The average Bonchev–Trinajstić information content (AvgIpc) is 3.01. The maximum absolute atomic E-state index is 12.5. The number of aryl methyl sites for hydroxylation is 1. The molecule has 2 aliphatic rings. The molecule has 0 radical (unpaired) electrons. The highest BCUT2D eigenvalue weighted by atomic mass is 16.5. The summed E-state index contributed by atoms with van der Waals surface area (Å²) < 4.78 is 5.19. The second-order valence-electron chi connectivity index (χ2n) is 7.74. The lowest BCUT2D eigenvalue weighted by Gasteiger charge is -2.34. The van der Waals surface area contributed by atoms with E-state index in [-0.39, 0.29) is 11.9 Å². The first-order valence-electron chi connectivity index (χ1n) is 10.0. The van der Waals surface area contributed by atoms with E-state index in [4.69, 9.17) is 4.74 Å². The lowest BCUT2D eigenvalue weighted by molar-refractivity contribution is -0.128. The minimum Gasteiger partial charge on any atom is -0.384 e. The smallest absolute Gasteiger partial charge is 0.321 e. The highest BCUT2D eigenvalue weighted by Gasteiger charge is 2.32. The first-order chi connectivity index (χ1) is 13.1. The van der Waals surface area contributed by atoms with Crippen molar-refractivity contribution in [2.45, 2.75) is 32.6 Å². The van der Waals surface area contributed by atoms with Crippen molar-refractivity contribution in [2.75, 3.05) is 45.2 Å². The molecule has 0 aromatic heterocycles. The van der Waals surface area contributed by atoms with Crippen LogP contribution >= 0.6 is 0 Å². The van der Waals surface area contributed by atoms with Crippen LogP contribution in [-0.4, -0.2) is 61.6 Å². The van der Waals surface area contributed by atoms with Gasteiger partial charge in [-0.1, -0.05) is 19.1 Å². The summed E-state index contributed by atoms with van der Waals surface area (Å²) in [5.41, 5.74) is 2.07. The van der Waals surface area contributed by atoms with E-state index in [1.165, 1.54) is 5.56 Å². The van der Waals surface area contributed by atoms with Gasteiger partial charge in [0.25, 0.3) is 0 Å². The summed E-state index contributed by atoms with van der Waals surface area (Å²) >= 11 is 0. The molecule has 0 saturated carbocycles. The largest absolute Gasteiger partial charge is 0.384 e. The minimum absolute atomic E-state index is 0.0286. The van der Waals surface area contributed by atoms with Gasteiger partial charge in [-0.15, -0.1) is 0 Å². The van der Waals surface area contributed by atoms with E-state index in [0.29, 0.717) is 24.9 Å². The lowest BCUT2D eigenvalue weighted by Crippen LogP contribution is -2.43. The molecule has 3 rings (SSSR count). The summed E-state index contributed by atoms with van der Waals surface area (Å²) in [7, 11) is 1.69. The summed E-state index contributed by atoms with van der Waals surface area (Å²) in [5.74, 6) is 1.04. The third-order valence-electron chi connectivity index (χ3n) is 5.66. The fourth-order valence-corrected chi connectivity index (χ4v) is 4.08. The van der Waals surface area contributed by atoms with Crippen molar-refractivity contribution in [3.05, 3.63) is 29.8 Å². The number of carbonyl (C=O) groups is 2. The van der Waals surface area contributed by atoms with Gasteiger partial charge in [0.1, 0.15) is 0 Å². The van der Waals surface area contributed by atoms with Crippen LogP contribution in [0.1, 0.15) is 31.7 Å². The van der Waals surface area contributed by atoms with Crippen molar-refractivity contribution in [3.63, 3.8) is 0 Å². The summed E-state index contributed by atoms with van der Waals surface area (Å²) in [4.78, 5) is 28.5. The van der Waals surface area contributed by atoms with Gasteiger partial charge in [-0.05, 0) is 42.9 Å². The SMILES string of the molecule is CCc1cccc(NC(=O)N2CCC(CN3CC(COC)CC3=O)CC2)c1. The number of rotatable bonds is 6. The summed E-state index contributed by atoms with van der Waals surface area (Å²) in [6.07, 6.45) is 3.45. The van der Waals surface area contributed by atoms with E-state index in [0.717, 1.165) is 51.1 Å². The number of nitrogens with one attached hydrogen (secondary N) is 1. The van der Waals surface area contributed by atoms with Crippen LogP contribution in [0.2, 0.25) is 0 Å². The summed E-state index contributed by atoms with van der Waals surface area (Å²) in [6, 6.07) is 7.97. The maximum Gasteiger partial charge on any atom is 0.321 e. The molecule has 0 bridgehead atoms. The molecule has 6 heteroatoms. The zero-order valence-electron chi connectivity index (χ0n) is 16.4. The molecule has 1 atom stereocenters. The van der Waals surface area contributed by atoms with Crippen LogP contribution in [0.25, 0.3) is 0 Å². The fraction of sp³-hybridized carbons (Fsp3) is 0.619. The molecule has 27 heavy (non-hydrogen) atoms. The van der Waals surface area contributed by atoms with Crippen LogP contribution in [0.5, 0.6) is 0 Å². The molecule has 6 nitrogen and oxygen atoms in total. The van der Waals surface area contributed by atoms with E-state index >= 15 is 0 Å². The third-order valence-corrected chi connectivity index (χ3v) is 5.66. The summed E-state index contributed by atoms with van der Waals surface area (Å²) in [5, 5.41) is 3.01. The van der Waals surface area contributed by atoms with Crippen LogP contribution < -0.4 is 5.32 Å². The van der Waals surface area contributed by atoms with Crippen molar-refractivity contribution < 1.29 is 14.3 Å². The Bertz CT molecular complexity index is 656. The molecule has 2 fully saturated rings. The normalized spacial score (nSPS) is 21.0. The number of hydrogen-bond donors (Lipinski definition) is 1. The number of ether oxygens (including phenoxy) is 1. The van der Waals surface area contributed by atoms with Gasteiger partial charge in [-0.25, -0.2) is 4.79 Å². The lowest BCUT2D eigenvalue weighted by atomic mass is 9.96. The number of benzene rings is 1. The van der Waals surface area contributed by atoms with Crippen LogP contribution in [0.4, 0.5) is 10.5 Å². The quantitative estimate of drug-likeness (QED) is 0.834. The zero-order valence-corrected chi connectivity index (χ0v) is 16.4. The van der Waals surface area contributed by atoms with Gasteiger partial charge in [0.2, 0.25) is 5.91 Å². The fourth-order valence-electron chi connectivity index (χ4n) is 4.08. The Hall–Kier alpha value is -2.08. The molecular formula is C21H31N3O3.